The smallest absolute Gasteiger partial charge is 0.248 e. The van der Waals surface area contributed by atoms with Gasteiger partial charge in [0.1, 0.15) is 5.01 Å². The maximum Gasteiger partial charge on any atom is 0.248 e. The van der Waals surface area contributed by atoms with Crippen molar-refractivity contribution in [1.82, 2.24) is 4.98 Å². The molecule has 1 amide bonds. The van der Waals surface area contributed by atoms with E-state index in [-0.39, 0.29) is 5.91 Å². The van der Waals surface area contributed by atoms with Crippen molar-refractivity contribution in [3.05, 3.63) is 90.0 Å². The number of fused-ring (bicyclic) bond motifs is 1. The molecule has 0 aliphatic rings. The Balaban J connectivity index is 1.58. The van der Waals surface area contributed by atoms with Crippen LogP contribution in [0.1, 0.15) is 11.1 Å². The second-order valence-electron chi connectivity index (χ2n) is 6.20. The summed E-state index contributed by atoms with van der Waals surface area (Å²) in [6.07, 6.45) is 3.36. The number of hydrogen-bond donors (Lipinski definition) is 1. The molecule has 4 heteroatoms. The van der Waals surface area contributed by atoms with Gasteiger partial charge in [-0.25, -0.2) is 4.98 Å². The largest absolute Gasteiger partial charge is 0.322 e. The van der Waals surface area contributed by atoms with Gasteiger partial charge >= 0.3 is 0 Å². The standard InChI is InChI=1S/C23H18N2OS/c1-16-18(23-25-20-11-5-6-13-21(20)27-23)10-7-12-19(16)24-22(26)15-14-17-8-3-2-4-9-17/h2-15H,1H3,(H,24,26). The van der Waals surface area contributed by atoms with Crippen LogP contribution in [0.25, 0.3) is 26.9 Å². The zero-order valence-electron chi connectivity index (χ0n) is 14.8. The number of anilines is 1. The second kappa shape index (κ2) is 7.56. The van der Waals surface area contributed by atoms with E-state index < -0.39 is 0 Å². The number of para-hydroxylation sites is 1. The molecule has 0 spiro atoms. The molecule has 0 aliphatic heterocycles. The number of carbonyl (C=O) groups excluding carboxylic acids is 1. The lowest BCUT2D eigenvalue weighted by atomic mass is 10.1. The molecule has 0 fully saturated rings. The van der Waals surface area contributed by atoms with Crippen LogP contribution < -0.4 is 5.32 Å². The molecule has 132 valence electrons. The first-order chi connectivity index (χ1) is 13.2. The Labute approximate surface area is 162 Å². The summed E-state index contributed by atoms with van der Waals surface area (Å²) in [6.45, 7) is 2.01. The average molecular weight is 370 g/mol. The van der Waals surface area contributed by atoms with E-state index in [1.807, 2.05) is 79.7 Å². The molecule has 0 radical (unpaired) electrons. The van der Waals surface area contributed by atoms with E-state index >= 15 is 0 Å². The number of amides is 1. The quantitative estimate of drug-likeness (QED) is 0.453. The zero-order valence-corrected chi connectivity index (χ0v) is 15.7. The minimum Gasteiger partial charge on any atom is -0.322 e. The number of nitrogens with one attached hydrogen (secondary N) is 1. The maximum atomic E-state index is 12.3. The summed E-state index contributed by atoms with van der Waals surface area (Å²) in [5.74, 6) is -0.150. The average Bonchev–Trinajstić information content (AvgIpc) is 3.13. The fourth-order valence-corrected chi connectivity index (χ4v) is 3.95. The van der Waals surface area contributed by atoms with E-state index in [2.05, 4.69) is 11.4 Å². The third-order valence-corrected chi connectivity index (χ3v) is 5.41. The van der Waals surface area contributed by atoms with Crippen LogP contribution in [-0.2, 0) is 4.79 Å². The molecule has 0 saturated heterocycles. The molecule has 4 rings (SSSR count). The van der Waals surface area contributed by atoms with Gasteiger partial charge in [-0.2, -0.15) is 0 Å². The van der Waals surface area contributed by atoms with Gasteiger partial charge in [-0.05, 0) is 42.3 Å². The topological polar surface area (TPSA) is 42.0 Å². The molecule has 3 aromatic carbocycles. The van der Waals surface area contributed by atoms with Crippen molar-refractivity contribution >= 4 is 39.2 Å². The van der Waals surface area contributed by atoms with Crippen LogP contribution >= 0.6 is 11.3 Å². The van der Waals surface area contributed by atoms with Crippen LogP contribution in [-0.4, -0.2) is 10.9 Å². The monoisotopic (exact) mass is 370 g/mol. The Morgan fingerprint density at radius 2 is 1.74 bits per heavy atom. The van der Waals surface area contributed by atoms with Crippen LogP contribution in [0.3, 0.4) is 0 Å². The Kier molecular flexibility index (Phi) is 4.81. The predicted octanol–water partition coefficient (Wildman–Crippen LogP) is 5.92. The summed E-state index contributed by atoms with van der Waals surface area (Å²) in [5.41, 5.74) is 4.85. The highest BCUT2D eigenvalue weighted by Crippen LogP contribution is 2.34. The van der Waals surface area contributed by atoms with Gasteiger partial charge in [0, 0.05) is 17.3 Å². The number of nitrogens with zero attached hydrogens (tertiary/aromatic N) is 1. The summed E-state index contributed by atoms with van der Waals surface area (Å²) < 4.78 is 1.16. The zero-order chi connectivity index (χ0) is 18.6. The number of carbonyl (C=O) groups is 1. The first-order valence-electron chi connectivity index (χ1n) is 8.70. The van der Waals surface area contributed by atoms with Crippen LogP contribution in [0.4, 0.5) is 5.69 Å². The number of rotatable bonds is 4. The number of benzene rings is 3. The summed E-state index contributed by atoms with van der Waals surface area (Å²) in [7, 11) is 0. The Hall–Kier alpha value is -3.24. The first-order valence-corrected chi connectivity index (χ1v) is 9.52. The van der Waals surface area contributed by atoms with Gasteiger partial charge in [0.25, 0.3) is 0 Å². The van der Waals surface area contributed by atoms with E-state index in [9.17, 15) is 4.79 Å². The normalized spacial score (nSPS) is 11.1. The SMILES string of the molecule is Cc1c(NC(=O)C=Cc2ccccc2)cccc1-c1nc2ccccc2s1. The minimum atomic E-state index is -0.150. The van der Waals surface area contributed by atoms with E-state index in [0.717, 1.165) is 37.6 Å². The van der Waals surface area contributed by atoms with Gasteiger partial charge in [-0.1, -0.05) is 54.6 Å². The molecule has 4 aromatic rings. The lowest BCUT2D eigenvalue weighted by Gasteiger charge is -2.10. The van der Waals surface area contributed by atoms with Crippen molar-refractivity contribution < 1.29 is 4.79 Å². The Bertz CT molecular complexity index is 1100. The summed E-state index contributed by atoms with van der Waals surface area (Å²) in [4.78, 5) is 17.0. The maximum absolute atomic E-state index is 12.3. The van der Waals surface area contributed by atoms with Crippen molar-refractivity contribution in [2.24, 2.45) is 0 Å². The Morgan fingerprint density at radius 3 is 2.56 bits per heavy atom. The van der Waals surface area contributed by atoms with Crippen LogP contribution in [0.2, 0.25) is 0 Å². The van der Waals surface area contributed by atoms with E-state index in [0.29, 0.717) is 0 Å². The minimum absolute atomic E-state index is 0.150. The molecular weight excluding hydrogens is 352 g/mol. The molecule has 0 bridgehead atoms. The van der Waals surface area contributed by atoms with Crippen molar-refractivity contribution in [2.45, 2.75) is 6.92 Å². The highest BCUT2D eigenvalue weighted by molar-refractivity contribution is 7.21. The van der Waals surface area contributed by atoms with E-state index in [1.54, 1.807) is 17.4 Å². The molecule has 0 saturated carbocycles. The summed E-state index contributed by atoms with van der Waals surface area (Å²) >= 11 is 1.66. The molecule has 1 aromatic heterocycles. The van der Waals surface area contributed by atoms with Gasteiger partial charge < -0.3 is 5.32 Å². The highest BCUT2D eigenvalue weighted by Gasteiger charge is 2.11. The van der Waals surface area contributed by atoms with Crippen molar-refractivity contribution in [1.29, 1.82) is 0 Å². The van der Waals surface area contributed by atoms with Crippen LogP contribution in [0, 0.1) is 6.92 Å². The molecule has 0 unspecified atom stereocenters. The third kappa shape index (κ3) is 3.81. The van der Waals surface area contributed by atoms with Crippen molar-refractivity contribution in [3.63, 3.8) is 0 Å². The number of thiazole rings is 1. The number of aromatic nitrogens is 1. The molecule has 0 aliphatic carbocycles. The van der Waals surface area contributed by atoms with Crippen LogP contribution in [0.5, 0.6) is 0 Å². The molecular formula is C23H18N2OS. The molecule has 27 heavy (non-hydrogen) atoms. The molecule has 0 atom stereocenters. The van der Waals surface area contributed by atoms with Gasteiger partial charge in [0.15, 0.2) is 0 Å². The Morgan fingerprint density at radius 1 is 0.963 bits per heavy atom. The van der Waals surface area contributed by atoms with Crippen molar-refractivity contribution in [3.8, 4) is 10.6 Å². The molecule has 1 heterocycles. The fourth-order valence-electron chi connectivity index (χ4n) is 2.90. The third-order valence-electron chi connectivity index (χ3n) is 4.34. The summed E-state index contributed by atoms with van der Waals surface area (Å²) in [6, 6.07) is 23.8. The fraction of sp³-hybridized carbons (Fsp3) is 0.0435. The van der Waals surface area contributed by atoms with Crippen molar-refractivity contribution in [2.75, 3.05) is 5.32 Å². The number of hydrogen-bond acceptors (Lipinski definition) is 3. The lowest BCUT2D eigenvalue weighted by Crippen LogP contribution is -2.09. The predicted molar refractivity (Wildman–Crippen MR) is 114 cm³/mol. The van der Waals surface area contributed by atoms with Gasteiger partial charge in [0.2, 0.25) is 5.91 Å². The highest BCUT2D eigenvalue weighted by atomic mass is 32.1. The molecule has 3 nitrogen and oxygen atoms in total. The van der Waals surface area contributed by atoms with Gasteiger partial charge in [0.05, 0.1) is 10.2 Å². The second-order valence-corrected chi connectivity index (χ2v) is 7.23. The van der Waals surface area contributed by atoms with Crippen LogP contribution in [0.15, 0.2) is 78.9 Å². The van der Waals surface area contributed by atoms with E-state index in [1.165, 1.54) is 0 Å². The van der Waals surface area contributed by atoms with E-state index in [4.69, 9.17) is 4.98 Å². The molecule has 1 N–H and O–H groups in total. The lowest BCUT2D eigenvalue weighted by molar-refractivity contribution is -0.111. The van der Waals surface area contributed by atoms with Gasteiger partial charge in [-0.3, -0.25) is 4.79 Å². The van der Waals surface area contributed by atoms with Gasteiger partial charge in [-0.15, -0.1) is 11.3 Å². The first kappa shape index (κ1) is 17.2. The summed E-state index contributed by atoms with van der Waals surface area (Å²) in [5, 5.41) is 3.94.